The van der Waals surface area contributed by atoms with E-state index in [9.17, 15) is 4.79 Å². The van der Waals surface area contributed by atoms with Gasteiger partial charge < -0.3 is 9.64 Å². The Bertz CT molecular complexity index is 886. The van der Waals surface area contributed by atoms with E-state index in [0.717, 1.165) is 18.7 Å². The molecule has 0 N–H and O–H groups in total. The minimum Gasteiger partial charge on any atom is -0.469 e. The first-order chi connectivity index (χ1) is 14.3. The number of fused-ring (bicyclic) bond motifs is 1. The van der Waals surface area contributed by atoms with Crippen LogP contribution in [0.1, 0.15) is 24.4 Å². The second kappa shape index (κ2) is 7.64. The van der Waals surface area contributed by atoms with Crippen molar-refractivity contribution in [1.29, 1.82) is 0 Å². The van der Waals surface area contributed by atoms with Crippen LogP contribution in [-0.2, 0) is 9.53 Å². The van der Waals surface area contributed by atoms with Crippen molar-refractivity contribution in [1.82, 2.24) is 4.90 Å². The van der Waals surface area contributed by atoms with Crippen molar-refractivity contribution >= 4 is 17.9 Å². The predicted octanol–water partition coefficient (Wildman–Crippen LogP) is 3.53. The van der Waals surface area contributed by atoms with Gasteiger partial charge in [0.05, 0.1) is 25.2 Å². The van der Waals surface area contributed by atoms with Gasteiger partial charge in [-0.25, -0.2) is 0 Å². The standard InChI is InChI=1S/C24H27N3O2/c1-29-24(28)21-20(15-25-22(21)17-9-4-2-5-10-17)23-26-14-8-13-19(26)16-27(23)18-11-6-3-7-12-18/h2-7,9-12,15,19-23H,8,13-14,16H2,1H3/t19-,20-,21+,22+,23-/m0/s1. The summed E-state index contributed by atoms with van der Waals surface area (Å²) in [5.74, 6) is -0.481. The smallest absolute Gasteiger partial charge is 0.311 e. The van der Waals surface area contributed by atoms with Crippen LogP contribution < -0.4 is 4.90 Å². The summed E-state index contributed by atoms with van der Waals surface area (Å²) < 4.78 is 5.27. The van der Waals surface area contributed by atoms with Crippen LogP contribution >= 0.6 is 0 Å². The minimum absolute atomic E-state index is 0.00374. The van der Waals surface area contributed by atoms with Crippen molar-refractivity contribution in [3.63, 3.8) is 0 Å². The lowest BCUT2D eigenvalue weighted by Gasteiger charge is -2.37. The van der Waals surface area contributed by atoms with Crippen molar-refractivity contribution in [2.75, 3.05) is 25.1 Å². The number of para-hydroxylation sites is 1. The topological polar surface area (TPSA) is 45.1 Å². The Labute approximate surface area is 172 Å². The van der Waals surface area contributed by atoms with E-state index >= 15 is 0 Å². The van der Waals surface area contributed by atoms with Gasteiger partial charge in [-0.3, -0.25) is 14.7 Å². The molecule has 29 heavy (non-hydrogen) atoms. The molecule has 3 heterocycles. The molecule has 0 aromatic heterocycles. The molecule has 5 rings (SSSR count). The van der Waals surface area contributed by atoms with Gasteiger partial charge in [-0.1, -0.05) is 48.5 Å². The van der Waals surface area contributed by atoms with E-state index in [1.165, 1.54) is 25.6 Å². The Kier molecular flexibility index (Phi) is 4.84. The molecule has 0 saturated carbocycles. The quantitative estimate of drug-likeness (QED) is 0.751. The summed E-state index contributed by atoms with van der Waals surface area (Å²) in [5.41, 5.74) is 2.29. The molecule has 5 atom stereocenters. The maximum absolute atomic E-state index is 13.0. The molecular formula is C24H27N3O2. The number of rotatable bonds is 4. The Hall–Kier alpha value is -2.66. The number of hydrogen-bond acceptors (Lipinski definition) is 5. The van der Waals surface area contributed by atoms with Gasteiger partial charge in [0, 0.05) is 37.0 Å². The molecule has 0 spiro atoms. The van der Waals surface area contributed by atoms with E-state index in [1.807, 2.05) is 24.4 Å². The zero-order valence-corrected chi connectivity index (χ0v) is 16.7. The highest BCUT2D eigenvalue weighted by atomic mass is 16.5. The van der Waals surface area contributed by atoms with Gasteiger partial charge in [0.2, 0.25) is 0 Å². The van der Waals surface area contributed by atoms with Crippen LogP contribution in [0.25, 0.3) is 0 Å². The summed E-state index contributed by atoms with van der Waals surface area (Å²) in [7, 11) is 1.49. The molecule has 3 aliphatic heterocycles. The average Bonchev–Trinajstić information content (AvgIpc) is 3.48. The molecule has 5 heteroatoms. The summed E-state index contributed by atoms with van der Waals surface area (Å²) in [6.45, 7) is 2.08. The number of carbonyl (C=O) groups excluding carboxylic acids is 1. The third kappa shape index (κ3) is 3.14. The third-order valence-corrected chi connectivity index (χ3v) is 6.71. The van der Waals surface area contributed by atoms with E-state index in [2.05, 4.69) is 52.3 Å². The van der Waals surface area contributed by atoms with Crippen LogP contribution in [0.4, 0.5) is 5.69 Å². The highest BCUT2D eigenvalue weighted by molar-refractivity contribution is 5.83. The fourth-order valence-electron chi connectivity index (χ4n) is 5.44. The molecule has 0 radical (unpaired) electrons. The van der Waals surface area contributed by atoms with E-state index < -0.39 is 0 Å². The maximum Gasteiger partial charge on any atom is 0.311 e. The predicted molar refractivity (Wildman–Crippen MR) is 114 cm³/mol. The normalized spacial score (nSPS) is 31.2. The van der Waals surface area contributed by atoms with Gasteiger partial charge in [-0.05, 0) is 30.5 Å². The highest BCUT2D eigenvalue weighted by Crippen LogP contribution is 2.44. The van der Waals surface area contributed by atoms with Crippen molar-refractivity contribution < 1.29 is 9.53 Å². The molecule has 3 aliphatic rings. The zero-order valence-electron chi connectivity index (χ0n) is 16.7. The fourth-order valence-corrected chi connectivity index (χ4v) is 5.44. The number of anilines is 1. The van der Waals surface area contributed by atoms with E-state index in [4.69, 9.17) is 9.73 Å². The number of methoxy groups -OCH3 is 1. The maximum atomic E-state index is 13.0. The summed E-state index contributed by atoms with van der Waals surface area (Å²) in [6.07, 6.45) is 4.60. The monoisotopic (exact) mass is 389 g/mol. The summed E-state index contributed by atoms with van der Waals surface area (Å²) in [6, 6.07) is 21.0. The first kappa shape index (κ1) is 18.4. The van der Waals surface area contributed by atoms with Crippen LogP contribution in [0, 0.1) is 11.8 Å². The summed E-state index contributed by atoms with van der Waals surface area (Å²) in [4.78, 5) is 22.9. The Balaban J connectivity index is 1.53. The molecule has 2 aromatic rings. The van der Waals surface area contributed by atoms with Crippen molar-refractivity contribution in [3.05, 3.63) is 66.2 Å². The minimum atomic E-state index is -0.307. The van der Waals surface area contributed by atoms with E-state index in [-0.39, 0.29) is 30.0 Å². The van der Waals surface area contributed by atoms with Gasteiger partial charge in [-0.15, -0.1) is 0 Å². The molecule has 2 aromatic carbocycles. The Morgan fingerprint density at radius 2 is 1.79 bits per heavy atom. The zero-order chi connectivity index (χ0) is 19.8. The Morgan fingerprint density at radius 1 is 1.07 bits per heavy atom. The first-order valence-corrected chi connectivity index (χ1v) is 10.5. The highest BCUT2D eigenvalue weighted by Gasteiger charge is 2.52. The van der Waals surface area contributed by atoms with Crippen molar-refractivity contribution in [3.8, 4) is 0 Å². The third-order valence-electron chi connectivity index (χ3n) is 6.71. The van der Waals surface area contributed by atoms with Gasteiger partial charge in [0.1, 0.15) is 0 Å². The number of carbonyl (C=O) groups is 1. The molecule has 0 aliphatic carbocycles. The van der Waals surface area contributed by atoms with Gasteiger partial charge in [0.15, 0.2) is 0 Å². The molecule has 150 valence electrons. The van der Waals surface area contributed by atoms with E-state index in [1.54, 1.807) is 0 Å². The molecular weight excluding hydrogens is 362 g/mol. The van der Waals surface area contributed by atoms with E-state index in [0.29, 0.717) is 6.04 Å². The molecule has 0 amide bonds. The lowest BCUT2D eigenvalue weighted by atomic mass is 9.84. The molecule has 2 saturated heterocycles. The van der Waals surface area contributed by atoms with Crippen LogP contribution in [-0.4, -0.2) is 49.5 Å². The van der Waals surface area contributed by atoms with Gasteiger partial charge >= 0.3 is 5.97 Å². The average molecular weight is 389 g/mol. The molecule has 0 bridgehead atoms. The molecule has 5 nitrogen and oxygen atoms in total. The molecule has 0 unspecified atom stereocenters. The first-order valence-electron chi connectivity index (χ1n) is 10.5. The summed E-state index contributed by atoms with van der Waals surface area (Å²) >= 11 is 0. The van der Waals surface area contributed by atoms with Crippen LogP contribution in [0.3, 0.4) is 0 Å². The number of esters is 1. The molecule has 2 fully saturated rings. The van der Waals surface area contributed by atoms with Crippen LogP contribution in [0.5, 0.6) is 0 Å². The SMILES string of the molecule is COC(=O)[C@@H]1[C@@H]([C@@H]2N(c3ccccc3)C[C@@H]3CCCN32)C=N[C@@H]1c1ccccc1. The second-order valence-electron chi connectivity index (χ2n) is 8.22. The number of aliphatic imine (C=N–C) groups is 1. The number of hydrogen-bond donors (Lipinski definition) is 0. The fraction of sp³-hybridized carbons (Fsp3) is 0.417. The van der Waals surface area contributed by atoms with Crippen LogP contribution in [0.2, 0.25) is 0 Å². The number of nitrogens with zero attached hydrogens (tertiary/aromatic N) is 3. The largest absolute Gasteiger partial charge is 0.469 e. The lowest BCUT2D eigenvalue weighted by Crippen LogP contribution is -2.49. The number of benzene rings is 2. The summed E-state index contributed by atoms with van der Waals surface area (Å²) in [5, 5.41) is 0. The Morgan fingerprint density at radius 3 is 2.52 bits per heavy atom. The van der Waals surface area contributed by atoms with Crippen LogP contribution in [0.15, 0.2) is 65.7 Å². The second-order valence-corrected chi connectivity index (χ2v) is 8.22. The van der Waals surface area contributed by atoms with Crippen molar-refractivity contribution in [2.24, 2.45) is 16.8 Å². The van der Waals surface area contributed by atoms with Gasteiger partial charge in [-0.2, -0.15) is 0 Å². The van der Waals surface area contributed by atoms with Crippen molar-refractivity contribution in [2.45, 2.75) is 31.1 Å². The van der Waals surface area contributed by atoms with Gasteiger partial charge in [0.25, 0.3) is 0 Å². The number of ether oxygens (including phenoxy) is 1. The lowest BCUT2D eigenvalue weighted by molar-refractivity contribution is -0.147.